The van der Waals surface area contributed by atoms with E-state index in [4.69, 9.17) is 4.74 Å². The molecular formula is C7H10O. The third kappa shape index (κ3) is 0.278. The lowest BCUT2D eigenvalue weighted by atomic mass is 10.0. The van der Waals surface area contributed by atoms with Gasteiger partial charge in [0.25, 0.3) is 0 Å². The Morgan fingerprint density at radius 3 is 2.00 bits per heavy atom. The molecule has 1 heteroatoms. The van der Waals surface area contributed by atoms with E-state index >= 15 is 0 Å². The van der Waals surface area contributed by atoms with Gasteiger partial charge in [-0.05, 0) is 31.1 Å². The molecule has 1 saturated heterocycles. The second kappa shape index (κ2) is 0.971. The van der Waals surface area contributed by atoms with Crippen LogP contribution in [0.25, 0.3) is 0 Å². The maximum Gasteiger partial charge on any atom is 0.0872 e. The van der Waals surface area contributed by atoms with Crippen LogP contribution in [0.2, 0.25) is 0 Å². The van der Waals surface area contributed by atoms with E-state index < -0.39 is 0 Å². The van der Waals surface area contributed by atoms with Crippen molar-refractivity contribution in [1.82, 2.24) is 0 Å². The Morgan fingerprint density at radius 2 is 1.62 bits per heavy atom. The van der Waals surface area contributed by atoms with E-state index in [1.165, 1.54) is 19.3 Å². The fourth-order valence-corrected chi connectivity index (χ4v) is 2.54. The minimum Gasteiger partial charge on any atom is -0.369 e. The minimum absolute atomic E-state index is 0.744. The summed E-state index contributed by atoms with van der Waals surface area (Å²) in [4.78, 5) is 0. The molecule has 3 fully saturated rings. The molecule has 0 radical (unpaired) electrons. The Labute approximate surface area is 49.0 Å². The normalized spacial score (nSPS) is 66.0. The highest BCUT2D eigenvalue weighted by Gasteiger charge is 2.59. The van der Waals surface area contributed by atoms with Crippen molar-refractivity contribution in [3.63, 3.8) is 0 Å². The lowest BCUT2D eigenvalue weighted by Crippen LogP contribution is -2.04. The number of epoxide rings is 1. The molecule has 4 atom stereocenters. The van der Waals surface area contributed by atoms with E-state index in [1.54, 1.807) is 0 Å². The molecule has 1 heterocycles. The number of hydrogen-bond acceptors (Lipinski definition) is 1. The fraction of sp³-hybridized carbons (Fsp3) is 1.00. The maximum atomic E-state index is 5.44. The highest BCUT2D eigenvalue weighted by molar-refractivity contribution is 5.07. The Kier molecular flexibility index (Phi) is 0.472. The van der Waals surface area contributed by atoms with Crippen LogP contribution < -0.4 is 0 Å². The van der Waals surface area contributed by atoms with Crippen LogP contribution in [0, 0.1) is 11.8 Å². The summed E-state index contributed by atoms with van der Waals surface area (Å²) < 4.78 is 5.44. The van der Waals surface area contributed by atoms with E-state index in [9.17, 15) is 0 Å². The van der Waals surface area contributed by atoms with Crippen molar-refractivity contribution >= 4 is 0 Å². The van der Waals surface area contributed by atoms with Gasteiger partial charge in [0.1, 0.15) is 0 Å². The summed E-state index contributed by atoms with van der Waals surface area (Å²) in [6, 6.07) is 0. The summed E-state index contributed by atoms with van der Waals surface area (Å²) in [5.41, 5.74) is 0. The third-order valence-corrected chi connectivity index (χ3v) is 3.00. The Bertz CT molecular complexity index is 118. The second-order valence-electron chi connectivity index (χ2n) is 3.40. The molecule has 3 rings (SSSR count). The molecule has 2 aliphatic carbocycles. The SMILES string of the molecule is C1C[C@@H]2C[C@@H]1[C@H]1O[C@H]21. The first kappa shape index (κ1) is 3.89. The molecule has 2 saturated carbocycles. The molecule has 0 unspecified atom stereocenters. The van der Waals surface area contributed by atoms with Gasteiger partial charge < -0.3 is 4.74 Å². The Morgan fingerprint density at radius 1 is 1.00 bits per heavy atom. The van der Waals surface area contributed by atoms with Gasteiger partial charge in [-0.1, -0.05) is 0 Å². The molecule has 44 valence electrons. The smallest absolute Gasteiger partial charge is 0.0872 e. The molecule has 1 nitrogen and oxygen atoms in total. The first-order chi connectivity index (χ1) is 3.95. The molecule has 0 aromatic heterocycles. The van der Waals surface area contributed by atoms with Crippen LogP contribution in [0.3, 0.4) is 0 Å². The van der Waals surface area contributed by atoms with Gasteiger partial charge in [-0.25, -0.2) is 0 Å². The molecule has 1 aliphatic heterocycles. The molecule has 8 heavy (non-hydrogen) atoms. The van der Waals surface area contributed by atoms with Crippen LogP contribution in [-0.4, -0.2) is 12.2 Å². The van der Waals surface area contributed by atoms with Crippen molar-refractivity contribution in [2.75, 3.05) is 0 Å². The number of ether oxygens (including phenoxy) is 1. The predicted octanol–water partition coefficient (Wildman–Crippen LogP) is 1.18. The zero-order valence-electron chi connectivity index (χ0n) is 4.84. The summed E-state index contributed by atoms with van der Waals surface area (Å²) in [6.07, 6.45) is 5.91. The first-order valence-electron chi connectivity index (χ1n) is 3.60. The van der Waals surface area contributed by atoms with Gasteiger partial charge in [0.15, 0.2) is 0 Å². The largest absolute Gasteiger partial charge is 0.369 e. The van der Waals surface area contributed by atoms with Crippen LogP contribution in [0.5, 0.6) is 0 Å². The summed E-state index contributed by atoms with van der Waals surface area (Å²) in [6.45, 7) is 0. The van der Waals surface area contributed by atoms with Crippen molar-refractivity contribution in [2.24, 2.45) is 11.8 Å². The van der Waals surface area contributed by atoms with Crippen molar-refractivity contribution < 1.29 is 4.74 Å². The van der Waals surface area contributed by atoms with Gasteiger partial charge in [-0.2, -0.15) is 0 Å². The average molecular weight is 110 g/mol. The van der Waals surface area contributed by atoms with Crippen molar-refractivity contribution in [3.05, 3.63) is 0 Å². The molecule has 0 spiro atoms. The van der Waals surface area contributed by atoms with Gasteiger partial charge in [0.05, 0.1) is 12.2 Å². The van der Waals surface area contributed by atoms with Crippen LogP contribution >= 0.6 is 0 Å². The highest BCUT2D eigenvalue weighted by atomic mass is 16.6. The van der Waals surface area contributed by atoms with Crippen molar-refractivity contribution in [1.29, 1.82) is 0 Å². The molecule has 0 amide bonds. The first-order valence-corrected chi connectivity index (χ1v) is 3.60. The maximum absolute atomic E-state index is 5.44. The number of hydrogen-bond donors (Lipinski definition) is 0. The lowest BCUT2D eigenvalue weighted by molar-refractivity contribution is 0.264. The predicted molar refractivity (Wildman–Crippen MR) is 29.5 cm³/mol. The summed E-state index contributed by atoms with van der Waals surface area (Å²) in [5, 5.41) is 0. The second-order valence-corrected chi connectivity index (χ2v) is 3.40. The van der Waals surface area contributed by atoms with Gasteiger partial charge in [0.2, 0.25) is 0 Å². The van der Waals surface area contributed by atoms with Crippen LogP contribution in [-0.2, 0) is 4.74 Å². The van der Waals surface area contributed by atoms with E-state index in [0.717, 1.165) is 24.0 Å². The van der Waals surface area contributed by atoms with E-state index in [2.05, 4.69) is 0 Å². The Hall–Kier alpha value is -0.0400. The molecular weight excluding hydrogens is 100 g/mol. The topological polar surface area (TPSA) is 12.5 Å². The van der Waals surface area contributed by atoms with Crippen molar-refractivity contribution in [3.8, 4) is 0 Å². The fourth-order valence-electron chi connectivity index (χ4n) is 2.54. The standard InChI is InChI=1S/C7H10O/c1-2-5-3-4(1)6-7(5)8-6/h4-7H,1-3H2/t4-,5-,6-,7-/m1/s1. The Balaban J connectivity index is 2.02. The third-order valence-electron chi connectivity index (χ3n) is 3.00. The van der Waals surface area contributed by atoms with E-state index in [1.807, 2.05) is 0 Å². The molecule has 0 aromatic carbocycles. The lowest BCUT2D eigenvalue weighted by Gasteiger charge is -1.99. The number of rotatable bonds is 0. The van der Waals surface area contributed by atoms with Gasteiger partial charge >= 0.3 is 0 Å². The zero-order valence-corrected chi connectivity index (χ0v) is 4.84. The molecule has 0 N–H and O–H groups in total. The average Bonchev–Trinajstić information content (AvgIpc) is 2.39. The minimum atomic E-state index is 0.744. The molecule has 2 bridgehead atoms. The van der Waals surface area contributed by atoms with Gasteiger partial charge in [-0.3, -0.25) is 0 Å². The van der Waals surface area contributed by atoms with Crippen molar-refractivity contribution in [2.45, 2.75) is 31.5 Å². The molecule has 3 aliphatic rings. The van der Waals surface area contributed by atoms with Crippen LogP contribution in [0.1, 0.15) is 19.3 Å². The number of fused-ring (bicyclic) bond motifs is 5. The zero-order chi connectivity index (χ0) is 5.14. The molecule has 0 aromatic rings. The summed E-state index contributed by atoms with van der Waals surface area (Å²) >= 11 is 0. The van der Waals surface area contributed by atoms with E-state index in [0.29, 0.717) is 0 Å². The van der Waals surface area contributed by atoms with Crippen LogP contribution in [0.15, 0.2) is 0 Å². The van der Waals surface area contributed by atoms with Crippen LogP contribution in [0.4, 0.5) is 0 Å². The highest BCUT2D eigenvalue weighted by Crippen LogP contribution is 2.55. The quantitative estimate of drug-likeness (QED) is 0.427. The van der Waals surface area contributed by atoms with Gasteiger partial charge in [0, 0.05) is 0 Å². The van der Waals surface area contributed by atoms with Gasteiger partial charge in [-0.15, -0.1) is 0 Å². The monoisotopic (exact) mass is 110 g/mol. The summed E-state index contributed by atoms with van der Waals surface area (Å²) in [5.74, 6) is 1.98. The summed E-state index contributed by atoms with van der Waals surface area (Å²) in [7, 11) is 0. The van der Waals surface area contributed by atoms with E-state index in [-0.39, 0.29) is 0 Å².